The Kier molecular flexibility index (Phi) is 5.08. The second-order valence-electron chi connectivity index (χ2n) is 11.5. The van der Waals surface area contributed by atoms with Crippen LogP contribution in [0.2, 0.25) is 0 Å². The van der Waals surface area contributed by atoms with E-state index in [0.29, 0.717) is 18.8 Å². The Morgan fingerprint density at radius 1 is 1.10 bits per heavy atom. The van der Waals surface area contributed by atoms with Crippen LogP contribution in [0.5, 0.6) is 0 Å². The van der Waals surface area contributed by atoms with Crippen LogP contribution < -0.4 is 0 Å². The molecule has 30 heavy (non-hydrogen) atoms. The average Bonchev–Trinajstić information content (AvgIpc) is 3.09. The van der Waals surface area contributed by atoms with Crippen molar-refractivity contribution in [2.75, 3.05) is 0 Å². The van der Waals surface area contributed by atoms with E-state index >= 15 is 0 Å². The second-order valence-corrected chi connectivity index (χ2v) is 11.5. The van der Waals surface area contributed by atoms with Crippen molar-refractivity contribution < 1.29 is 24.2 Å². The monoisotopic (exact) mass is 423 g/mol. The largest absolute Gasteiger partial charge is 0.481 e. The summed E-state index contributed by atoms with van der Waals surface area (Å²) in [6.07, 6.45) is 3.47. The first-order chi connectivity index (χ1) is 15.2. The van der Waals surface area contributed by atoms with Gasteiger partial charge in [0, 0.05) is 10.5 Å². The highest BCUT2D eigenvalue weighted by molar-refractivity contribution is 5.66. The molecular weight excluding hydrogens is 376 g/mol. The number of rotatable bonds is 5. The van der Waals surface area contributed by atoms with E-state index in [0.717, 1.165) is 38.5 Å². The summed E-state index contributed by atoms with van der Waals surface area (Å²) in [6, 6.07) is 0. The van der Waals surface area contributed by atoms with Crippen LogP contribution in [0.1, 0.15) is 96.0 Å². The lowest BCUT2D eigenvalue weighted by molar-refractivity contribution is -0.203. The predicted molar refractivity (Wildman–Crippen MR) is 118 cm³/mol. The summed E-state index contributed by atoms with van der Waals surface area (Å²) in [7, 11) is 0. The lowest BCUT2D eigenvalue weighted by atomic mass is 9.41. The van der Waals surface area contributed by atoms with Gasteiger partial charge in [0.2, 0.25) is 0 Å². The lowest BCUT2D eigenvalue weighted by Gasteiger charge is -2.64. The molecule has 0 bridgehead atoms. The highest BCUT2D eigenvalue weighted by Gasteiger charge is 2.64. The maximum absolute atomic E-state index is 11.8. The number of fused-ring (bicyclic) bond motifs is 5. The predicted octanol–water partition coefficient (Wildman–Crippen LogP) is 5.11. The van der Waals surface area contributed by atoms with Crippen molar-refractivity contribution in [3.05, 3.63) is 0 Å². The minimum absolute atomic E-state index is 0.00158. The van der Waals surface area contributed by atoms with Crippen LogP contribution >= 0.6 is 0 Å². The van der Waals surface area contributed by atoms with Crippen LogP contribution in [0, 0.1) is 52.2 Å². The molecule has 0 saturated heterocycles. The minimum atomic E-state index is -2.22. The van der Waals surface area contributed by atoms with E-state index < -0.39 is 24.3 Å². The summed E-state index contributed by atoms with van der Waals surface area (Å²) in [5.74, 6) is -1.51. The van der Waals surface area contributed by atoms with Gasteiger partial charge in [0.1, 0.15) is 0 Å². The van der Waals surface area contributed by atoms with Gasteiger partial charge in [-0.15, -0.1) is 0 Å². The van der Waals surface area contributed by atoms with E-state index in [2.05, 4.69) is 13.8 Å². The lowest BCUT2D eigenvalue weighted by Crippen LogP contribution is -2.62. The Labute approximate surface area is 187 Å². The number of hydrogen-bond acceptors (Lipinski definition) is 3. The van der Waals surface area contributed by atoms with Gasteiger partial charge in [0.15, 0.2) is 0 Å². The highest BCUT2D eigenvalue weighted by Crippen LogP contribution is 2.69. The molecule has 4 aliphatic rings. The maximum Gasteiger partial charge on any atom is 0.303 e. The molecular formula is C26H44O4. The number of carbonyl (C=O) groups is 1. The first kappa shape index (κ1) is 18.9. The van der Waals surface area contributed by atoms with Gasteiger partial charge in [-0.3, -0.25) is 4.79 Å². The van der Waals surface area contributed by atoms with Crippen LogP contribution in [-0.2, 0) is 4.79 Å². The standard InChI is InChI=1S/C26H44O4/c1-5-17-21-14-16(27)10-12-26(21,4)20-11-13-25(3)18(15(2)6-9-22(28)29)7-8-19(25)23(20)24(17)30/h15-21,23-24,27,30H,5-14H2,1-4H3,(H,28,29)/t15-,16-,17+,18-,19+,20+,21+,23+,24-,25-,26-/m1/s1/i9D2,17D. The van der Waals surface area contributed by atoms with Crippen molar-refractivity contribution in [1.82, 2.24) is 0 Å². The molecule has 4 nitrogen and oxygen atoms in total. The van der Waals surface area contributed by atoms with E-state index in [1.54, 1.807) is 0 Å². The number of hydrogen-bond donors (Lipinski definition) is 3. The van der Waals surface area contributed by atoms with Gasteiger partial charge in [-0.2, -0.15) is 0 Å². The second kappa shape index (κ2) is 8.06. The molecule has 172 valence electrons. The van der Waals surface area contributed by atoms with Crippen molar-refractivity contribution in [1.29, 1.82) is 0 Å². The Morgan fingerprint density at radius 3 is 2.43 bits per heavy atom. The van der Waals surface area contributed by atoms with Gasteiger partial charge < -0.3 is 15.3 Å². The van der Waals surface area contributed by atoms with Crippen molar-refractivity contribution >= 4 is 5.97 Å². The molecule has 0 spiro atoms. The van der Waals surface area contributed by atoms with E-state index in [9.17, 15) is 21.5 Å². The SMILES string of the molecule is [2H]C([2H])(C[C@@H](C)[C@H]1CC[C@H]2[C@@H]3[C@H](O)[C@@]([2H])(CC)[C@@H]4C[C@H](O)CC[C@]4(C)[C@H]3CC[C@]12C)C(=O)O. The van der Waals surface area contributed by atoms with Crippen molar-refractivity contribution in [2.45, 2.75) is 104 Å². The van der Waals surface area contributed by atoms with Gasteiger partial charge in [-0.1, -0.05) is 34.1 Å². The van der Waals surface area contributed by atoms with Crippen LogP contribution in [-0.4, -0.2) is 33.5 Å². The van der Waals surface area contributed by atoms with Gasteiger partial charge in [-0.25, -0.2) is 0 Å². The molecule has 4 aliphatic carbocycles. The Bertz CT molecular complexity index is 777. The number of carboxylic acid groups (broad SMARTS) is 1. The highest BCUT2D eigenvalue weighted by atomic mass is 16.4. The summed E-state index contributed by atoms with van der Waals surface area (Å²) in [5, 5.41) is 31.6. The quantitative estimate of drug-likeness (QED) is 0.574. The molecule has 0 aliphatic heterocycles. The molecule has 0 aromatic rings. The fraction of sp³-hybridized carbons (Fsp3) is 0.962. The van der Waals surface area contributed by atoms with Crippen LogP contribution in [0.4, 0.5) is 0 Å². The zero-order valence-electron chi connectivity index (χ0n) is 22.2. The van der Waals surface area contributed by atoms with Crippen LogP contribution in [0.25, 0.3) is 0 Å². The molecule has 11 atom stereocenters. The topological polar surface area (TPSA) is 77.8 Å². The molecule has 0 unspecified atom stereocenters. The molecule has 0 aromatic heterocycles. The van der Waals surface area contributed by atoms with Crippen molar-refractivity contribution in [3.8, 4) is 0 Å². The van der Waals surface area contributed by atoms with E-state index in [1.807, 2.05) is 13.8 Å². The van der Waals surface area contributed by atoms with Crippen molar-refractivity contribution in [3.63, 3.8) is 0 Å². The Balaban J connectivity index is 1.66. The zero-order chi connectivity index (χ0) is 24.6. The summed E-state index contributed by atoms with van der Waals surface area (Å²) < 4.78 is 25.4. The molecule has 0 radical (unpaired) electrons. The number of aliphatic carboxylic acids is 1. The molecule has 4 rings (SSSR count). The molecule has 4 saturated carbocycles. The summed E-state index contributed by atoms with van der Waals surface area (Å²) in [5.41, 5.74) is -0.116. The minimum Gasteiger partial charge on any atom is -0.481 e. The first-order valence-electron chi connectivity index (χ1n) is 13.8. The first-order valence-corrected chi connectivity index (χ1v) is 12.3. The van der Waals surface area contributed by atoms with Crippen LogP contribution in [0.15, 0.2) is 0 Å². The number of aliphatic hydroxyl groups is 2. The molecule has 3 N–H and O–H groups in total. The van der Waals surface area contributed by atoms with Crippen LogP contribution in [0.3, 0.4) is 0 Å². The van der Waals surface area contributed by atoms with E-state index in [1.165, 1.54) is 0 Å². The molecule has 0 amide bonds. The third kappa shape index (κ3) is 3.36. The Hall–Kier alpha value is -0.610. The van der Waals surface area contributed by atoms with Crippen molar-refractivity contribution in [2.24, 2.45) is 52.2 Å². The fourth-order valence-electron chi connectivity index (χ4n) is 9.01. The Morgan fingerprint density at radius 2 is 1.77 bits per heavy atom. The normalized spacial score (nSPS) is 55.9. The summed E-state index contributed by atoms with van der Waals surface area (Å²) in [6.45, 7) is 8.63. The fourth-order valence-corrected chi connectivity index (χ4v) is 9.01. The summed E-state index contributed by atoms with van der Waals surface area (Å²) >= 11 is 0. The number of aliphatic hydroxyl groups excluding tert-OH is 2. The molecule has 4 heteroatoms. The van der Waals surface area contributed by atoms with Gasteiger partial charge >= 0.3 is 5.97 Å². The third-order valence-electron chi connectivity index (χ3n) is 10.4. The van der Waals surface area contributed by atoms with Gasteiger partial charge in [0.25, 0.3) is 0 Å². The van der Waals surface area contributed by atoms with E-state index in [4.69, 9.17) is 2.74 Å². The molecule has 0 heterocycles. The molecule has 4 fully saturated rings. The smallest absolute Gasteiger partial charge is 0.303 e. The zero-order valence-corrected chi connectivity index (χ0v) is 19.2. The number of carboxylic acids is 1. The average molecular weight is 424 g/mol. The van der Waals surface area contributed by atoms with Gasteiger partial charge in [0.05, 0.1) is 12.2 Å². The third-order valence-corrected chi connectivity index (χ3v) is 10.4. The summed E-state index contributed by atoms with van der Waals surface area (Å²) in [4.78, 5) is 11.4. The molecule has 0 aromatic carbocycles. The van der Waals surface area contributed by atoms with E-state index in [-0.39, 0.29) is 52.9 Å². The van der Waals surface area contributed by atoms with Gasteiger partial charge in [-0.05, 0) is 104 Å². The maximum atomic E-state index is 11.8.